The molecule has 3 aliphatic rings. The standard InChI is InChI=1S/C19H27NO2/c1-19-8-7-12-13(15(19)5-6-18(19)20)4-3-11-9-16(21)17(22-2)10-14(11)12/h9-10,12-13,15,18,21H,3-8,20H2,1-2H3/t12?,13?,15?,18?,19-/m0/s1. The normalized spacial score (nSPS) is 39.8. The van der Waals surface area contributed by atoms with E-state index in [-0.39, 0.29) is 5.75 Å². The van der Waals surface area contributed by atoms with Gasteiger partial charge in [-0.2, -0.15) is 0 Å². The van der Waals surface area contributed by atoms with Crippen LogP contribution in [0.2, 0.25) is 0 Å². The second-order valence-corrected chi connectivity index (χ2v) is 7.87. The Morgan fingerprint density at radius 1 is 1.23 bits per heavy atom. The zero-order valence-corrected chi connectivity index (χ0v) is 13.6. The molecule has 0 amide bonds. The Bertz CT molecular complexity index is 599. The summed E-state index contributed by atoms with van der Waals surface area (Å²) < 4.78 is 5.34. The first kappa shape index (κ1) is 14.4. The lowest BCUT2D eigenvalue weighted by molar-refractivity contribution is 0.0495. The number of aryl methyl sites for hydroxylation is 1. The molecule has 2 fully saturated rings. The Morgan fingerprint density at radius 3 is 2.82 bits per heavy atom. The number of hydrogen-bond acceptors (Lipinski definition) is 3. The summed E-state index contributed by atoms with van der Waals surface area (Å²) in [5, 5.41) is 10.0. The molecule has 2 saturated carbocycles. The smallest absolute Gasteiger partial charge is 0.160 e. The molecule has 3 nitrogen and oxygen atoms in total. The van der Waals surface area contributed by atoms with Gasteiger partial charge in [0.25, 0.3) is 0 Å². The molecule has 0 spiro atoms. The topological polar surface area (TPSA) is 55.5 Å². The molecule has 0 bridgehead atoms. The molecule has 120 valence electrons. The summed E-state index contributed by atoms with van der Waals surface area (Å²) in [6, 6.07) is 4.41. The lowest BCUT2D eigenvalue weighted by atomic mass is 9.55. The minimum absolute atomic E-state index is 0.281. The van der Waals surface area contributed by atoms with Gasteiger partial charge in [0, 0.05) is 6.04 Å². The molecule has 0 aromatic heterocycles. The Hall–Kier alpha value is -1.22. The van der Waals surface area contributed by atoms with Gasteiger partial charge in [-0.15, -0.1) is 0 Å². The number of phenolic OH excluding ortho intramolecular Hbond substituents is 1. The van der Waals surface area contributed by atoms with Gasteiger partial charge >= 0.3 is 0 Å². The third-order valence-corrected chi connectivity index (χ3v) is 7.10. The highest BCUT2D eigenvalue weighted by Crippen LogP contribution is 2.60. The van der Waals surface area contributed by atoms with Crippen molar-refractivity contribution in [2.24, 2.45) is 23.0 Å². The average molecular weight is 301 g/mol. The van der Waals surface area contributed by atoms with Crippen LogP contribution < -0.4 is 10.5 Å². The molecule has 0 saturated heterocycles. The van der Waals surface area contributed by atoms with E-state index in [1.807, 2.05) is 6.07 Å². The van der Waals surface area contributed by atoms with Gasteiger partial charge in [0.05, 0.1) is 7.11 Å². The van der Waals surface area contributed by atoms with Gasteiger partial charge in [-0.25, -0.2) is 0 Å². The Labute approximate surface area is 132 Å². The largest absolute Gasteiger partial charge is 0.504 e. The van der Waals surface area contributed by atoms with E-state index in [4.69, 9.17) is 10.5 Å². The first-order valence-electron chi connectivity index (χ1n) is 8.70. The van der Waals surface area contributed by atoms with Crippen LogP contribution in [0.1, 0.15) is 56.1 Å². The monoisotopic (exact) mass is 301 g/mol. The second kappa shape index (κ2) is 4.89. The zero-order valence-electron chi connectivity index (χ0n) is 13.6. The van der Waals surface area contributed by atoms with Gasteiger partial charge in [0.2, 0.25) is 0 Å². The van der Waals surface area contributed by atoms with Gasteiger partial charge in [0.15, 0.2) is 11.5 Å². The number of rotatable bonds is 1. The number of nitrogens with two attached hydrogens (primary N) is 1. The van der Waals surface area contributed by atoms with E-state index in [1.165, 1.54) is 43.2 Å². The highest BCUT2D eigenvalue weighted by Gasteiger charge is 2.53. The molecule has 0 heterocycles. The molecule has 0 aliphatic heterocycles. The molecule has 4 rings (SSSR count). The lowest BCUT2D eigenvalue weighted by Crippen LogP contribution is -2.46. The minimum atomic E-state index is 0.281. The SMILES string of the molecule is COc1cc2c(cc1O)CCC1C2CC[C@]2(C)C(N)CCC12. The Balaban J connectivity index is 1.72. The highest BCUT2D eigenvalue weighted by molar-refractivity contribution is 5.49. The summed E-state index contributed by atoms with van der Waals surface area (Å²) in [5.41, 5.74) is 9.55. The van der Waals surface area contributed by atoms with Crippen LogP contribution in [-0.4, -0.2) is 18.3 Å². The van der Waals surface area contributed by atoms with Gasteiger partial charge in [-0.1, -0.05) is 6.92 Å². The van der Waals surface area contributed by atoms with Crippen LogP contribution in [0.3, 0.4) is 0 Å². The first-order chi connectivity index (χ1) is 10.5. The van der Waals surface area contributed by atoms with E-state index in [2.05, 4.69) is 13.0 Å². The highest BCUT2D eigenvalue weighted by atomic mass is 16.5. The molecule has 4 unspecified atom stereocenters. The third-order valence-electron chi connectivity index (χ3n) is 7.10. The Kier molecular flexibility index (Phi) is 3.19. The summed E-state index contributed by atoms with van der Waals surface area (Å²) in [7, 11) is 1.63. The number of fused-ring (bicyclic) bond motifs is 5. The summed E-state index contributed by atoms with van der Waals surface area (Å²) in [6.07, 6.45) is 7.28. The summed E-state index contributed by atoms with van der Waals surface area (Å²) >= 11 is 0. The van der Waals surface area contributed by atoms with E-state index < -0.39 is 0 Å². The predicted molar refractivity (Wildman–Crippen MR) is 87.3 cm³/mol. The van der Waals surface area contributed by atoms with Crippen molar-refractivity contribution in [3.63, 3.8) is 0 Å². The van der Waals surface area contributed by atoms with Crippen molar-refractivity contribution < 1.29 is 9.84 Å². The first-order valence-corrected chi connectivity index (χ1v) is 8.70. The molecule has 0 radical (unpaired) electrons. The van der Waals surface area contributed by atoms with Gasteiger partial charge in [-0.05, 0) is 85.0 Å². The number of aromatic hydroxyl groups is 1. The maximum atomic E-state index is 10.0. The van der Waals surface area contributed by atoms with E-state index in [0.717, 1.165) is 18.3 Å². The molecule has 3 heteroatoms. The van der Waals surface area contributed by atoms with Crippen LogP contribution in [0.15, 0.2) is 12.1 Å². The lowest BCUT2D eigenvalue weighted by Gasteiger charge is -2.50. The maximum absolute atomic E-state index is 10.0. The van der Waals surface area contributed by atoms with Gasteiger partial charge in [-0.3, -0.25) is 0 Å². The minimum Gasteiger partial charge on any atom is -0.504 e. The van der Waals surface area contributed by atoms with Crippen LogP contribution in [-0.2, 0) is 6.42 Å². The van der Waals surface area contributed by atoms with E-state index in [9.17, 15) is 5.11 Å². The molecular weight excluding hydrogens is 274 g/mol. The fourth-order valence-corrected chi connectivity index (χ4v) is 5.79. The molecule has 3 N–H and O–H groups in total. The molecular formula is C19H27NO2. The van der Waals surface area contributed by atoms with Crippen molar-refractivity contribution in [2.75, 3.05) is 7.11 Å². The van der Waals surface area contributed by atoms with E-state index >= 15 is 0 Å². The van der Waals surface area contributed by atoms with Crippen molar-refractivity contribution in [1.29, 1.82) is 0 Å². The third kappa shape index (κ3) is 1.84. The maximum Gasteiger partial charge on any atom is 0.160 e. The Morgan fingerprint density at radius 2 is 2.05 bits per heavy atom. The number of hydrogen-bond donors (Lipinski definition) is 2. The van der Waals surface area contributed by atoms with Crippen LogP contribution in [0, 0.1) is 17.3 Å². The molecule has 5 atom stereocenters. The van der Waals surface area contributed by atoms with Crippen LogP contribution in [0.25, 0.3) is 0 Å². The van der Waals surface area contributed by atoms with Crippen molar-refractivity contribution in [3.8, 4) is 11.5 Å². The number of phenols is 1. The molecule has 22 heavy (non-hydrogen) atoms. The van der Waals surface area contributed by atoms with Gasteiger partial charge in [0.1, 0.15) is 0 Å². The van der Waals surface area contributed by atoms with Crippen molar-refractivity contribution >= 4 is 0 Å². The fraction of sp³-hybridized carbons (Fsp3) is 0.684. The number of methoxy groups -OCH3 is 1. The van der Waals surface area contributed by atoms with Crippen LogP contribution in [0.5, 0.6) is 11.5 Å². The van der Waals surface area contributed by atoms with Crippen molar-refractivity contribution in [1.82, 2.24) is 0 Å². The van der Waals surface area contributed by atoms with Crippen molar-refractivity contribution in [2.45, 2.75) is 57.4 Å². The van der Waals surface area contributed by atoms with E-state index in [1.54, 1.807) is 7.11 Å². The number of benzene rings is 1. The number of ether oxygens (including phenoxy) is 1. The predicted octanol–water partition coefficient (Wildman–Crippen LogP) is 3.58. The quantitative estimate of drug-likeness (QED) is 0.833. The summed E-state index contributed by atoms with van der Waals surface area (Å²) in [6.45, 7) is 2.43. The molecule has 1 aromatic rings. The van der Waals surface area contributed by atoms with Gasteiger partial charge < -0.3 is 15.6 Å². The summed E-state index contributed by atoms with van der Waals surface area (Å²) in [4.78, 5) is 0. The van der Waals surface area contributed by atoms with E-state index in [0.29, 0.717) is 23.1 Å². The average Bonchev–Trinajstić information content (AvgIpc) is 2.82. The zero-order chi connectivity index (χ0) is 15.5. The van der Waals surface area contributed by atoms with Crippen LogP contribution in [0.4, 0.5) is 0 Å². The summed E-state index contributed by atoms with van der Waals surface area (Å²) in [5.74, 6) is 3.06. The molecule has 3 aliphatic carbocycles. The fourth-order valence-electron chi connectivity index (χ4n) is 5.79. The van der Waals surface area contributed by atoms with Crippen LogP contribution >= 0.6 is 0 Å². The van der Waals surface area contributed by atoms with Crippen molar-refractivity contribution in [3.05, 3.63) is 23.3 Å². The molecule has 1 aromatic carbocycles. The second-order valence-electron chi connectivity index (χ2n) is 7.87.